The van der Waals surface area contributed by atoms with E-state index in [-0.39, 0.29) is 5.91 Å². The Balaban J connectivity index is 1.37. The Bertz CT molecular complexity index is 862. The van der Waals surface area contributed by atoms with Gasteiger partial charge in [0.2, 0.25) is 0 Å². The van der Waals surface area contributed by atoms with E-state index < -0.39 is 0 Å². The van der Waals surface area contributed by atoms with Gasteiger partial charge in [-0.3, -0.25) is 9.69 Å². The van der Waals surface area contributed by atoms with E-state index in [1.807, 2.05) is 31.6 Å². The molecule has 0 aliphatic carbocycles. The van der Waals surface area contributed by atoms with Gasteiger partial charge >= 0.3 is 0 Å². The zero-order valence-electron chi connectivity index (χ0n) is 14.2. The number of hydrogen-bond donors (Lipinski definition) is 1. The summed E-state index contributed by atoms with van der Waals surface area (Å²) in [5, 5.41) is 2.94. The number of aryl methyl sites for hydroxylation is 1. The van der Waals surface area contributed by atoms with Crippen LogP contribution in [-0.4, -0.2) is 31.5 Å². The van der Waals surface area contributed by atoms with Gasteiger partial charge in [-0.1, -0.05) is 0 Å². The molecule has 0 fully saturated rings. The molecule has 0 saturated heterocycles. The van der Waals surface area contributed by atoms with Crippen molar-refractivity contribution in [3.8, 4) is 0 Å². The molecule has 0 spiro atoms. The largest absolute Gasteiger partial charge is 0.472 e. The normalized spacial score (nSPS) is 14.4. The van der Waals surface area contributed by atoms with E-state index in [2.05, 4.69) is 19.8 Å². The van der Waals surface area contributed by atoms with Crippen LogP contribution in [0.25, 0.3) is 0 Å². The smallest absolute Gasteiger partial charge is 0.268 e. The summed E-state index contributed by atoms with van der Waals surface area (Å²) in [7, 11) is 1.86. The number of furan rings is 1. The summed E-state index contributed by atoms with van der Waals surface area (Å²) >= 11 is 0. The van der Waals surface area contributed by atoms with Crippen LogP contribution in [-0.2, 0) is 33.2 Å². The predicted molar refractivity (Wildman–Crippen MR) is 91.6 cm³/mol. The minimum atomic E-state index is -0.0833. The van der Waals surface area contributed by atoms with E-state index >= 15 is 0 Å². The van der Waals surface area contributed by atoms with Crippen molar-refractivity contribution in [2.24, 2.45) is 7.05 Å². The van der Waals surface area contributed by atoms with Crippen LogP contribution in [0.2, 0.25) is 0 Å². The molecule has 0 bridgehead atoms. The summed E-state index contributed by atoms with van der Waals surface area (Å²) in [6.07, 6.45) is 7.38. The first kappa shape index (κ1) is 15.7. The zero-order valence-corrected chi connectivity index (χ0v) is 14.2. The van der Waals surface area contributed by atoms with Crippen LogP contribution in [0.5, 0.6) is 0 Å². The third-order valence-electron chi connectivity index (χ3n) is 4.52. The molecule has 0 unspecified atom stereocenters. The summed E-state index contributed by atoms with van der Waals surface area (Å²) in [4.78, 5) is 19.2. The topological polar surface area (TPSA) is 68.2 Å². The number of carbonyl (C=O) groups excluding carboxylic acids is 1. The highest BCUT2D eigenvalue weighted by molar-refractivity contribution is 5.92. The van der Waals surface area contributed by atoms with Crippen LogP contribution < -0.4 is 5.32 Å². The summed E-state index contributed by atoms with van der Waals surface area (Å²) in [6.45, 7) is 3.99. The first-order chi connectivity index (χ1) is 12.2. The fraction of sp³-hybridized carbons (Fsp3) is 0.333. The van der Waals surface area contributed by atoms with Crippen LogP contribution in [0, 0.1) is 0 Å². The number of amides is 1. The standard InChI is InChI=1S/C18H21N5O2/c1-21-5-2-3-16(21)18(24)19-9-15-11-23-7-6-22(12-17(23)20-15)10-14-4-8-25-13-14/h2-5,8,11,13H,6-7,9-10,12H2,1H3,(H,19,24). The minimum absolute atomic E-state index is 0.0833. The van der Waals surface area contributed by atoms with Gasteiger partial charge in [0.15, 0.2) is 0 Å². The van der Waals surface area contributed by atoms with Gasteiger partial charge in [-0.05, 0) is 18.2 Å². The van der Waals surface area contributed by atoms with Gasteiger partial charge in [0.25, 0.3) is 5.91 Å². The van der Waals surface area contributed by atoms with E-state index in [1.165, 1.54) is 5.56 Å². The molecule has 0 radical (unpaired) electrons. The second-order valence-electron chi connectivity index (χ2n) is 6.37. The van der Waals surface area contributed by atoms with Crippen molar-refractivity contribution in [1.82, 2.24) is 24.3 Å². The maximum Gasteiger partial charge on any atom is 0.268 e. The molecule has 3 aromatic heterocycles. The average molecular weight is 339 g/mol. The lowest BCUT2D eigenvalue weighted by Crippen LogP contribution is -2.33. The third-order valence-corrected chi connectivity index (χ3v) is 4.52. The summed E-state index contributed by atoms with van der Waals surface area (Å²) in [5.74, 6) is 0.956. The van der Waals surface area contributed by atoms with Gasteiger partial charge < -0.3 is 18.9 Å². The van der Waals surface area contributed by atoms with Gasteiger partial charge in [-0.2, -0.15) is 0 Å². The van der Waals surface area contributed by atoms with Gasteiger partial charge in [0.1, 0.15) is 11.5 Å². The Kier molecular flexibility index (Phi) is 4.15. The predicted octanol–water partition coefficient (Wildman–Crippen LogP) is 1.76. The Hall–Kier alpha value is -2.80. The van der Waals surface area contributed by atoms with E-state index in [0.717, 1.165) is 37.7 Å². The molecule has 1 aliphatic heterocycles. The van der Waals surface area contributed by atoms with E-state index in [1.54, 1.807) is 23.2 Å². The zero-order chi connectivity index (χ0) is 17.2. The second kappa shape index (κ2) is 6.60. The molecule has 7 nitrogen and oxygen atoms in total. The molecule has 1 amide bonds. The van der Waals surface area contributed by atoms with Crippen LogP contribution in [0.1, 0.15) is 27.6 Å². The Morgan fingerprint density at radius 1 is 1.36 bits per heavy atom. The second-order valence-corrected chi connectivity index (χ2v) is 6.37. The first-order valence-corrected chi connectivity index (χ1v) is 8.37. The highest BCUT2D eigenvalue weighted by Gasteiger charge is 2.19. The number of carbonyl (C=O) groups is 1. The number of hydrogen-bond acceptors (Lipinski definition) is 4. The number of nitrogens with zero attached hydrogens (tertiary/aromatic N) is 4. The molecule has 1 N–H and O–H groups in total. The lowest BCUT2D eigenvalue weighted by atomic mass is 10.3. The summed E-state index contributed by atoms with van der Waals surface area (Å²) in [5.41, 5.74) is 2.72. The third kappa shape index (κ3) is 3.36. The highest BCUT2D eigenvalue weighted by Crippen LogP contribution is 2.16. The summed E-state index contributed by atoms with van der Waals surface area (Å²) < 4.78 is 9.12. The quantitative estimate of drug-likeness (QED) is 0.769. The number of rotatable bonds is 5. The molecule has 0 aromatic carbocycles. The van der Waals surface area contributed by atoms with Crippen molar-refractivity contribution in [3.63, 3.8) is 0 Å². The van der Waals surface area contributed by atoms with Crippen LogP contribution >= 0.6 is 0 Å². The molecule has 130 valence electrons. The average Bonchev–Trinajstić information content (AvgIpc) is 3.33. The van der Waals surface area contributed by atoms with Crippen molar-refractivity contribution in [1.29, 1.82) is 0 Å². The highest BCUT2D eigenvalue weighted by atomic mass is 16.3. The SMILES string of the molecule is Cn1cccc1C(=O)NCc1cn2c(n1)CN(Cc1ccoc1)CC2. The molecule has 4 rings (SSSR count). The molecule has 1 aliphatic rings. The maximum absolute atomic E-state index is 12.2. The molecule has 25 heavy (non-hydrogen) atoms. The fourth-order valence-electron chi connectivity index (χ4n) is 3.18. The number of fused-ring (bicyclic) bond motifs is 1. The van der Waals surface area contributed by atoms with Crippen LogP contribution in [0.15, 0.2) is 47.5 Å². The van der Waals surface area contributed by atoms with Gasteiger partial charge in [0.05, 0.1) is 31.3 Å². The van der Waals surface area contributed by atoms with Crippen molar-refractivity contribution >= 4 is 5.91 Å². The van der Waals surface area contributed by atoms with Crippen LogP contribution in [0.4, 0.5) is 0 Å². The first-order valence-electron chi connectivity index (χ1n) is 8.37. The van der Waals surface area contributed by atoms with E-state index in [0.29, 0.717) is 12.2 Å². The number of aromatic nitrogens is 3. The number of imidazole rings is 1. The summed E-state index contributed by atoms with van der Waals surface area (Å²) in [6, 6.07) is 5.66. The van der Waals surface area contributed by atoms with Crippen molar-refractivity contribution in [2.45, 2.75) is 26.2 Å². The molecule has 3 aromatic rings. The fourth-order valence-corrected chi connectivity index (χ4v) is 3.18. The Morgan fingerprint density at radius 2 is 2.28 bits per heavy atom. The van der Waals surface area contributed by atoms with Crippen molar-refractivity contribution in [3.05, 3.63) is 65.9 Å². The maximum atomic E-state index is 12.2. The van der Waals surface area contributed by atoms with Crippen LogP contribution in [0.3, 0.4) is 0 Å². The van der Waals surface area contributed by atoms with Gasteiger partial charge in [-0.25, -0.2) is 4.98 Å². The molecule has 7 heteroatoms. The molecular weight excluding hydrogens is 318 g/mol. The molecular formula is C18H21N5O2. The molecule has 0 saturated carbocycles. The van der Waals surface area contributed by atoms with Crippen molar-refractivity contribution in [2.75, 3.05) is 6.54 Å². The lowest BCUT2D eigenvalue weighted by Gasteiger charge is -2.26. The van der Waals surface area contributed by atoms with Gasteiger partial charge in [0, 0.05) is 44.6 Å². The van der Waals surface area contributed by atoms with E-state index in [9.17, 15) is 4.79 Å². The Morgan fingerprint density at radius 3 is 3.04 bits per heavy atom. The monoisotopic (exact) mass is 339 g/mol. The van der Waals surface area contributed by atoms with Crippen molar-refractivity contribution < 1.29 is 9.21 Å². The molecule has 4 heterocycles. The minimum Gasteiger partial charge on any atom is -0.472 e. The van der Waals surface area contributed by atoms with E-state index in [4.69, 9.17) is 4.42 Å². The lowest BCUT2D eigenvalue weighted by molar-refractivity contribution is 0.0942. The Labute approximate surface area is 145 Å². The van der Waals surface area contributed by atoms with Gasteiger partial charge in [-0.15, -0.1) is 0 Å². The number of nitrogens with one attached hydrogen (secondary N) is 1. The molecule has 0 atom stereocenters.